The first-order chi connectivity index (χ1) is 16.6. The molecule has 4 rings (SSSR count). The summed E-state index contributed by atoms with van der Waals surface area (Å²) in [5.41, 5.74) is 1.71. The van der Waals surface area contributed by atoms with E-state index in [4.69, 9.17) is 16.3 Å². The highest BCUT2D eigenvalue weighted by atomic mass is 35.5. The van der Waals surface area contributed by atoms with Gasteiger partial charge in [-0.1, -0.05) is 83.6 Å². The van der Waals surface area contributed by atoms with E-state index in [1.54, 1.807) is 24.3 Å². The van der Waals surface area contributed by atoms with Crippen molar-refractivity contribution >= 4 is 39.9 Å². The summed E-state index contributed by atoms with van der Waals surface area (Å²) in [5, 5.41) is 15.3. The van der Waals surface area contributed by atoms with Crippen molar-refractivity contribution in [2.24, 2.45) is 0 Å². The van der Waals surface area contributed by atoms with Crippen LogP contribution in [0.1, 0.15) is 5.56 Å². The Balaban J connectivity index is 1.43. The number of aromatic nitrogens is 2. The topological polar surface area (TPSA) is 93.2 Å². The van der Waals surface area contributed by atoms with Gasteiger partial charge in [-0.25, -0.2) is 0 Å². The Morgan fingerprint density at radius 2 is 1.68 bits per heavy atom. The van der Waals surface area contributed by atoms with E-state index >= 15 is 0 Å². The van der Waals surface area contributed by atoms with Crippen molar-refractivity contribution in [2.75, 3.05) is 11.9 Å². The first-order valence-electron chi connectivity index (χ1n) is 10.5. The lowest BCUT2D eigenvalue weighted by molar-refractivity contribution is -0.127. The number of nitrogens with one attached hydrogen (secondary N) is 2. The van der Waals surface area contributed by atoms with Crippen LogP contribution in [-0.4, -0.2) is 34.7 Å². The van der Waals surface area contributed by atoms with Gasteiger partial charge >= 0.3 is 0 Å². The quantitative estimate of drug-likeness (QED) is 0.356. The van der Waals surface area contributed by atoms with Crippen molar-refractivity contribution < 1.29 is 14.3 Å². The second-order valence-corrected chi connectivity index (χ2v) is 8.74. The highest BCUT2D eigenvalue weighted by Gasteiger charge is 2.23. The van der Waals surface area contributed by atoms with Crippen LogP contribution in [0, 0.1) is 0 Å². The molecule has 1 unspecified atom stereocenters. The fraction of sp³-hybridized carbons (Fsp3) is 0.120. The summed E-state index contributed by atoms with van der Waals surface area (Å²) in [6, 6.07) is 24.9. The van der Waals surface area contributed by atoms with Gasteiger partial charge < -0.3 is 10.1 Å². The van der Waals surface area contributed by atoms with Crippen LogP contribution in [0.3, 0.4) is 0 Å². The van der Waals surface area contributed by atoms with Gasteiger partial charge in [0, 0.05) is 17.0 Å². The van der Waals surface area contributed by atoms with Crippen molar-refractivity contribution in [1.82, 2.24) is 15.5 Å². The van der Waals surface area contributed by atoms with Crippen molar-refractivity contribution in [1.29, 1.82) is 0 Å². The third-order valence-electron chi connectivity index (χ3n) is 4.77. The minimum absolute atomic E-state index is 0.208. The minimum Gasteiger partial charge on any atom is -0.484 e. The molecule has 0 aliphatic rings. The molecule has 4 aromatic rings. The lowest BCUT2D eigenvalue weighted by atomic mass is 10.1. The molecule has 2 amide bonds. The van der Waals surface area contributed by atoms with E-state index in [1.165, 1.54) is 11.3 Å². The molecule has 1 aromatic heterocycles. The molecule has 0 spiro atoms. The second kappa shape index (κ2) is 11.4. The monoisotopic (exact) mass is 492 g/mol. The van der Waals surface area contributed by atoms with Gasteiger partial charge in [0.2, 0.25) is 11.0 Å². The largest absolute Gasteiger partial charge is 0.484 e. The Morgan fingerprint density at radius 3 is 2.41 bits per heavy atom. The second-order valence-electron chi connectivity index (χ2n) is 7.32. The maximum absolute atomic E-state index is 13.1. The van der Waals surface area contributed by atoms with Gasteiger partial charge in [0.05, 0.1) is 0 Å². The van der Waals surface area contributed by atoms with E-state index in [2.05, 4.69) is 20.8 Å². The Kier molecular flexibility index (Phi) is 7.85. The number of ether oxygens (including phenoxy) is 1. The van der Waals surface area contributed by atoms with E-state index in [0.717, 1.165) is 11.1 Å². The lowest BCUT2D eigenvalue weighted by Crippen LogP contribution is -2.46. The number of anilines is 1. The van der Waals surface area contributed by atoms with Crippen LogP contribution < -0.4 is 15.4 Å². The van der Waals surface area contributed by atoms with Gasteiger partial charge in [-0.3, -0.25) is 14.9 Å². The van der Waals surface area contributed by atoms with E-state index in [1.807, 2.05) is 60.7 Å². The predicted octanol–water partition coefficient (Wildman–Crippen LogP) is 4.60. The summed E-state index contributed by atoms with van der Waals surface area (Å²) in [7, 11) is 0. The molecule has 0 aliphatic heterocycles. The molecular weight excluding hydrogens is 472 g/mol. The van der Waals surface area contributed by atoms with Crippen LogP contribution in [0.4, 0.5) is 5.13 Å². The fourth-order valence-electron chi connectivity index (χ4n) is 3.17. The SMILES string of the molecule is O=C(COc1ccccc1)NC(Cc1ccccc1)C(=O)Nc1nnc(-c2cccc(Cl)c2)s1. The van der Waals surface area contributed by atoms with E-state index < -0.39 is 17.9 Å². The summed E-state index contributed by atoms with van der Waals surface area (Å²) in [6.45, 7) is -0.208. The first-order valence-corrected chi connectivity index (χ1v) is 11.7. The third-order valence-corrected chi connectivity index (χ3v) is 5.90. The molecule has 0 fully saturated rings. The number of rotatable bonds is 9. The molecule has 172 valence electrons. The number of nitrogens with zero attached hydrogens (tertiary/aromatic N) is 2. The molecule has 34 heavy (non-hydrogen) atoms. The standard InChI is InChI=1S/C25H21ClN4O3S/c26-19-11-7-10-18(15-19)24-29-30-25(34-24)28-23(32)21(14-17-8-3-1-4-9-17)27-22(31)16-33-20-12-5-2-6-13-20/h1-13,15,21H,14,16H2,(H,27,31)(H,28,30,32). The number of benzene rings is 3. The van der Waals surface area contributed by atoms with Crippen LogP contribution in [0.25, 0.3) is 10.6 Å². The zero-order chi connectivity index (χ0) is 23.8. The average Bonchev–Trinajstić information content (AvgIpc) is 3.32. The number of amides is 2. The molecule has 9 heteroatoms. The van der Waals surface area contributed by atoms with Gasteiger partial charge in [0.1, 0.15) is 16.8 Å². The number of para-hydroxylation sites is 1. The summed E-state index contributed by atoms with van der Waals surface area (Å²) in [6.07, 6.45) is 0.309. The Labute approximate surface area is 205 Å². The Bertz CT molecular complexity index is 1250. The van der Waals surface area contributed by atoms with E-state index in [9.17, 15) is 9.59 Å². The van der Waals surface area contributed by atoms with Gasteiger partial charge in [-0.2, -0.15) is 0 Å². The van der Waals surface area contributed by atoms with Crippen LogP contribution >= 0.6 is 22.9 Å². The fourth-order valence-corrected chi connectivity index (χ4v) is 4.10. The van der Waals surface area contributed by atoms with Gasteiger partial charge in [0.25, 0.3) is 5.91 Å². The number of carbonyl (C=O) groups excluding carboxylic acids is 2. The maximum atomic E-state index is 13.1. The molecule has 2 N–H and O–H groups in total. The lowest BCUT2D eigenvalue weighted by Gasteiger charge is -2.18. The highest BCUT2D eigenvalue weighted by Crippen LogP contribution is 2.28. The summed E-state index contributed by atoms with van der Waals surface area (Å²) in [4.78, 5) is 25.6. The van der Waals surface area contributed by atoms with Gasteiger partial charge in [-0.05, 0) is 29.8 Å². The van der Waals surface area contributed by atoms with Crippen molar-refractivity contribution in [3.63, 3.8) is 0 Å². The van der Waals surface area contributed by atoms with Crippen molar-refractivity contribution in [3.8, 4) is 16.3 Å². The van der Waals surface area contributed by atoms with Crippen LogP contribution in [-0.2, 0) is 16.0 Å². The molecule has 0 radical (unpaired) electrons. The molecule has 1 atom stereocenters. The number of hydrogen-bond donors (Lipinski definition) is 2. The molecule has 3 aromatic carbocycles. The number of carbonyl (C=O) groups is 2. The van der Waals surface area contributed by atoms with Gasteiger partial charge in [-0.15, -0.1) is 10.2 Å². The van der Waals surface area contributed by atoms with Crippen LogP contribution in [0.2, 0.25) is 5.02 Å². The van der Waals surface area contributed by atoms with E-state index in [-0.39, 0.29) is 6.61 Å². The average molecular weight is 493 g/mol. The predicted molar refractivity (Wildman–Crippen MR) is 133 cm³/mol. The van der Waals surface area contributed by atoms with Crippen LogP contribution in [0.5, 0.6) is 5.75 Å². The van der Waals surface area contributed by atoms with E-state index in [0.29, 0.717) is 27.3 Å². The molecule has 1 heterocycles. The summed E-state index contributed by atoms with van der Waals surface area (Å²) in [5.74, 6) is -0.230. The zero-order valence-electron chi connectivity index (χ0n) is 18.0. The molecule has 7 nitrogen and oxygen atoms in total. The maximum Gasteiger partial charge on any atom is 0.258 e. The smallest absolute Gasteiger partial charge is 0.258 e. The molecule has 0 saturated heterocycles. The van der Waals surface area contributed by atoms with Gasteiger partial charge in [0.15, 0.2) is 6.61 Å². The number of halogens is 1. The number of hydrogen-bond acceptors (Lipinski definition) is 6. The minimum atomic E-state index is -0.826. The summed E-state index contributed by atoms with van der Waals surface area (Å²) < 4.78 is 5.50. The van der Waals surface area contributed by atoms with Crippen LogP contribution in [0.15, 0.2) is 84.9 Å². The molecule has 0 aliphatic carbocycles. The Hall–Kier alpha value is -3.75. The van der Waals surface area contributed by atoms with Crippen molar-refractivity contribution in [3.05, 3.63) is 95.5 Å². The van der Waals surface area contributed by atoms with Crippen molar-refractivity contribution in [2.45, 2.75) is 12.5 Å². The third kappa shape index (κ3) is 6.63. The summed E-state index contributed by atoms with van der Waals surface area (Å²) >= 11 is 7.28. The molecule has 0 bridgehead atoms. The Morgan fingerprint density at radius 1 is 0.941 bits per heavy atom. The first kappa shape index (κ1) is 23.4. The molecular formula is C25H21ClN4O3S. The highest BCUT2D eigenvalue weighted by molar-refractivity contribution is 7.18. The normalized spacial score (nSPS) is 11.4. The molecule has 0 saturated carbocycles. The zero-order valence-corrected chi connectivity index (χ0v) is 19.6.